The predicted molar refractivity (Wildman–Crippen MR) is 116 cm³/mol. The van der Waals surface area contributed by atoms with Gasteiger partial charge in [-0.15, -0.1) is 0 Å². The lowest BCUT2D eigenvalue weighted by molar-refractivity contribution is -0.116. The van der Waals surface area contributed by atoms with Crippen molar-refractivity contribution in [3.05, 3.63) is 63.4 Å². The maximum atomic E-state index is 14.5. The zero-order valence-electron chi connectivity index (χ0n) is 16.1. The molecule has 0 saturated carbocycles. The maximum Gasteiger partial charge on any atom is 0.261 e. The van der Waals surface area contributed by atoms with Gasteiger partial charge < -0.3 is 15.0 Å². The zero-order chi connectivity index (χ0) is 21.1. The van der Waals surface area contributed by atoms with E-state index in [0.29, 0.717) is 48.6 Å². The molecule has 0 unspecified atom stereocenters. The normalized spacial score (nSPS) is 14.1. The molecule has 0 atom stereocenters. The van der Waals surface area contributed by atoms with E-state index in [2.05, 4.69) is 26.2 Å². The highest BCUT2D eigenvalue weighted by Gasteiger charge is 2.16. The Bertz CT molecular complexity index is 1140. The van der Waals surface area contributed by atoms with Crippen LogP contribution in [0.1, 0.15) is 6.42 Å². The third kappa shape index (κ3) is 4.52. The smallest absolute Gasteiger partial charge is 0.261 e. The number of hydrogen-bond donors (Lipinski definition) is 1. The van der Waals surface area contributed by atoms with Gasteiger partial charge in [-0.05, 0) is 36.4 Å². The van der Waals surface area contributed by atoms with Crippen LogP contribution in [-0.4, -0.2) is 41.8 Å². The first-order chi connectivity index (χ1) is 14.5. The van der Waals surface area contributed by atoms with Gasteiger partial charge in [0.2, 0.25) is 5.91 Å². The number of aromatic nitrogens is 2. The Morgan fingerprint density at radius 2 is 2.00 bits per heavy atom. The summed E-state index contributed by atoms with van der Waals surface area (Å²) in [5, 5.41) is 3.16. The van der Waals surface area contributed by atoms with E-state index in [4.69, 9.17) is 4.74 Å². The van der Waals surface area contributed by atoms with Crippen molar-refractivity contribution in [1.82, 2.24) is 9.55 Å². The van der Waals surface area contributed by atoms with Crippen molar-refractivity contribution in [3.63, 3.8) is 0 Å². The highest BCUT2D eigenvalue weighted by molar-refractivity contribution is 9.10. The molecule has 30 heavy (non-hydrogen) atoms. The summed E-state index contributed by atoms with van der Waals surface area (Å²) in [6, 6.07) is 9.92. The van der Waals surface area contributed by atoms with Gasteiger partial charge in [-0.2, -0.15) is 0 Å². The van der Waals surface area contributed by atoms with E-state index in [0.717, 1.165) is 4.47 Å². The fourth-order valence-electron chi connectivity index (χ4n) is 3.38. The molecule has 2 heterocycles. The summed E-state index contributed by atoms with van der Waals surface area (Å²) in [6.45, 7) is 2.58. The molecule has 2 aromatic carbocycles. The average molecular weight is 475 g/mol. The van der Waals surface area contributed by atoms with Gasteiger partial charge in [0.1, 0.15) is 5.82 Å². The Morgan fingerprint density at radius 3 is 2.77 bits per heavy atom. The maximum absolute atomic E-state index is 14.5. The van der Waals surface area contributed by atoms with Crippen molar-refractivity contribution in [1.29, 1.82) is 0 Å². The number of aryl methyl sites for hydroxylation is 1. The second-order valence-corrected chi connectivity index (χ2v) is 7.88. The predicted octanol–water partition coefficient (Wildman–Crippen LogP) is 3.16. The first-order valence-corrected chi connectivity index (χ1v) is 10.4. The summed E-state index contributed by atoms with van der Waals surface area (Å²) in [6.07, 6.45) is 1.50. The summed E-state index contributed by atoms with van der Waals surface area (Å²) >= 11 is 3.35. The highest BCUT2D eigenvalue weighted by Crippen LogP contribution is 2.24. The minimum Gasteiger partial charge on any atom is -0.378 e. The van der Waals surface area contributed by atoms with Crippen molar-refractivity contribution >= 4 is 44.1 Å². The molecule has 9 heteroatoms. The molecular weight excluding hydrogens is 455 g/mol. The van der Waals surface area contributed by atoms with E-state index in [9.17, 15) is 14.0 Å². The quantitative estimate of drug-likeness (QED) is 0.614. The van der Waals surface area contributed by atoms with Crippen LogP contribution in [0.2, 0.25) is 0 Å². The number of carbonyl (C=O) groups is 1. The minimum absolute atomic E-state index is 0.0634. The molecular formula is C21H20BrFN4O3. The van der Waals surface area contributed by atoms with Crippen LogP contribution in [-0.2, 0) is 16.1 Å². The summed E-state index contributed by atoms with van der Waals surface area (Å²) in [5.74, 6) is -0.704. The highest BCUT2D eigenvalue weighted by atomic mass is 79.9. The lowest BCUT2D eigenvalue weighted by Crippen LogP contribution is -2.36. The van der Waals surface area contributed by atoms with Crippen molar-refractivity contribution in [3.8, 4) is 0 Å². The van der Waals surface area contributed by atoms with Gasteiger partial charge in [0, 0.05) is 36.2 Å². The number of anilines is 2. The van der Waals surface area contributed by atoms with Gasteiger partial charge >= 0.3 is 0 Å². The van der Waals surface area contributed by atoms with Crippen molar-refractivity contribution in [2.45, 2.75) is 13.0 Å². The summed E-state index contributed by atoms with van der Waals surface area (Å²) in [5.41, 5.74) is 1.26. The van der Waals surface area contributed by atoms with Gasteiger partial charge in [0.05, 0.1) is 36.1 Å². The van der Waals surface area contributed by atoms with Crippen LogP contribution in [0.3, 0.4) is 0 Å². The molecule has 0 aliphatic carbocycles. The molecule has 1 amide bonds. The Labute approximate surface area is 180 Å². The number of nitrogens with one attached hydrogen (secondary N) is 1. The Balaban J connectivity index is 1.40. The lowest BCUT2D eigenvalue weighted by atomic mass is 10.2. The van der Waals surface area contributed by atoms with Gasteiger partial charge in [-0.3, -0.25) is 14.2 Å². The van der Waals surface area contributed by atoms with Crippen LogP contribution in [0.4, 0.5) is 15.8 Å². The number of hydrogen-bond acceptors (Lipinski definition) is 5. The van der Waals surface area contributed by atoms with E-state index in [1.807, 2.05) is 11.0 Å². The van der Waals surface area contributed by atoms with E-state index < -0.39 is 5.82 Å². The first kappa shape index (κ1) is 20.5. The zero-order valence-corrected chi connectivity index (χ0v) is 17.7. The number of halogens is 2. The standard InChI is InChI=1S/C21H20BrFN4O3/c22-14-1-3-18-16(11-14)21(29)27(13-24-18)6-5-20(28)25-15-2-4-19(17(23)12-15)26-7-9-30-10-8-26/h1-4,11-13H,5-10H2,(H,25,28). The van der Waals surface area contributed by atoms with Crippen LogP contribution in [0, 0.1) is 5.82 Å². The number of amides is 1. The van der Waals surface area contributed by atoms with Crippen LogP contribution in [0.5, 0.6) is 0 Å². The van der Waals surface area contributed by atoms with Crippen molar-refractivity contribution < 1.29 is 13.9 Å². The molecule has 1 saturated heterocycles. The number of fused-ring (bicyclic) bond motifs is 1. The van der Waals surface area contributed by atoms with Gasteiger partial charge in [-0.1, -0.05) is 15.9 Å². The van der Waals surface area contributed by atoms with E-state index in [1.165, 1.54) is 17.0 Å². The Kier molecular flexibility index (Phi) is 6.10. The number of nitrogens with zero attached hydrogens (tertiary/aromatic N) is 3. The number of morpholine rings is 1. The second kappa shape index (κ2) is 8.93. The average Bonchev–Trinajstić information content (AvgIpc) is 2.74. The third-order valence-corrected chi connectivity index (χ3v) is 5.44. The minimum atomic E-state index is -0.393. The third-order valence-electron chi connectivity index (χ3n) is 4.95. The van der Waals surface area contributed by atoms with Gasteiger partial charge in [0.25, 0.3) is 5.56 Å². The van der Waals surface area contributed by atoms with Crippen molar-refractivity contribution in [2.24, 2.45) is 0 Å². The largest absolute Gasteiger partial charge is 0.378 e. The van der Waals surface area contributed by atoms with E-state index in [1.54, 1.807) is 24.3 Å². The molecule has 7 nitrogen and oxygen atoms in total. The fourth-order valence-corrected chi connectivity index (χ4v) is 3.74. The van der Waals surface area contributed by atoms with Crippen LogP contribution in [0.25, 0.3) is 10.9 Å². The molecule has 0 spiro atoms. The van der Waals surface area contributed by atoms with Gasteiger partial charge in [0.15, 0.2) is 0 Å². The molecule has 1 aromatic heterocycles. The Hall–Kier alpha value is -2.78. The fraction of sp³-hybridized carbons (Fsp3) is 0.286. The lowest BCUT2D eigenvalue weighted by Gasteiger charge is -2.29. The molecule has 156 valence electrons. The molecule has 1 aliphatic rings. The molecule has 1 fully saturated rings. The van der Waals surface area contributed by atoms with Crippen LogP contribution in [0.15, 0.2) is 52.0 Å². The molecule has 0 bridgehead atoms. The summed E-state index contributed by atoms with van der Waals surface area (Å²) in [4.78, 5) is 31.1. The van der Waals surface area contributed by atoms with Gasteiger partial charge in [-0.25, -0.2) is 9.37 Å². The number of benzene rings is 2. The number of rotatable bonds is 5. The monoisotopic (exact) mass is 474 g/mol. The SMILES string of the molecule is O=C(CCn1cnc2ccc(Br)cc2c1=O)Nc1ccc(N2CCOCC2)c(F)c1. The first-order valence-electron chi connectivity index (χ1n) is 9.58. The summed E-state index contributed by atoms with van der Waals surface area (Å²) in [7, 11) is 0. The van der Waals surface area contributed by atoms with Crippen molar-refractivity contribution in [2.75, 3.05) is 36.5 Å². The number of carbonyl (C=O) groups excluding carboxylic acids is 1. The molecule has 4 rings (SSSR count). The Morgan fingerprint density at radius 1 is 1.20 bits per heavy atom. The van der Waals surface area contributed by atoms with E-state index >= 15 is 0 Å². The number of ether oxygens (including phenoxy) is 1. The second-order valence-electron chi connectivity index (χ2n) is 6.97. The van der Waals surface area contributed by atoms with Crippen LogP contribution >= 0.6 is 15.9 Å². The molecule has 1 N–H and O–H groups in total. The van der Waals surface area contributed by atoms with Crippen LogP contribution < -0.4 is 15.8 Å². The topological polar surface area (TPSA) is 76.5 Å². The summed E-state index contributed by atoms with van der Waals surface area (Å²) < 4.78 is 21.9. The van der Waals surface area contributed by atoms with E-state index in [-0.39, 0.29) is 24.4 Å². The molecule has 0 radical (unpaired) electrons. The molecule has 3 aromatic rings. The molecule has 1 aliphatic heterocycles.